The summed E-state index contributed by atoms with van der Waals surface area (Å²) in [7, 11) is 1.47. The summed E-state index contributed by atoms with van der Waals surface area (Å²) >= 11 is 0. The number of carbonyl (C=O) groups is 2. The standard InChI is InChI=1S/C17H19N3O3/c1-12-9-14(3-4-15(12)20-17(22)11-23-2)19-16(21)10-13-5-7-18-8-6-13/h3-9H,10-11H2,1-2H3,(H,19,21)(H,20,22). The number of nitrogens with zero attached hydrogens (tertiary/aromatic N) is 1. The quantitative estimate of drug-likeness (QED) is 0.856. The number of hydrogen-bond acceptors (Lipinski definition) is 4. The zero-order valence-corrected chi connectivity index (χ0v) is 13.1. The molecule has 0 saturated carbocycles. The van der Waals surface area contributed by atoms with Crippen LogP contribution in [-0.2, 0) is 20.7 Å². The van der Waals surface area contributed by atoms with E-state index in [4.69, 9.17) is 4.74 Å². The Kier molecular flexibility index (Phi) is 5.82. The molecule has 0 atom stereocenters. The lowest BCUT2D eigenvalue weighted by atomic mass is 10.1. The summed E-state index contributed by atoms with van der Waals surface area (Å²) < 4.78 is 4.78. The lowest BCUT2D eigenvalue weighted by Gasteiger charge is -2.11. The highest BCUT2D eigenvalue weighted by Gasteiger charge is 2.07. The first-order valence-corrected chi connectivity index (χ1v) is 7.16. The molecule has 0 aliphatic heterocycles. The minimum Gasteiger partial charge on any atom is -0.375 e. The van der Waals surface area contributed by atoms with Gasteiger partial charge in [0.2, 0.25) is 11.8 Å². The zero-order valence-electron chi connectivity index (χ0n) is 13.1. The Hall–Kier alpha value is -2.73. The molecule has 0 aliphatic carbocycles. The highest BCUT2D eigenvalue weighted by atomic mass is 16.5. The van der Waals surface area contributed by atoms with Gasteiger partial charge in [-0.1, -0.05) is 0 Å². The van der Waals surface area contributed by atoms with Gasteiger partial charge >= 0.3 is 0 Å². The van der Waals surface area contributed by atoms with Crippen molar-refractivity contribution in [3.63, 3.8) is 0 Å². The first-order valence-electron chi connectivity index (χ1n) is 7.16. The smallest absolute Gasteiger partial charge is 0.250 e. The van der Waals surface area contributed by atoms with E-state index in [0.717, 1.165) is 11.1 Å². The van der Waals surface area contributed by atoms with E-state index < -0.39 is 0 Å². The molecule has 0 spiro atoms. The fourth-order valence-electron chi connectivity index (χ4n) is 2.09. The van der Waals surface area contributed by atoms with Gasteiger partial charge in [-0.25, -0.2) is 0 Å². The molecular weight excluding hydrogens is 294 g/mol. The van der Waals surface area contributed by atoms with Gasteiger partial charge in [0, 0.05) is 30.9 Å². The summed E-state index contributed by atoms with van der Waals surface area (Å²) in [5, 5.41) is 5.59. The largest absolute Gasteiger partial charge is 0.375 e. The normalized spacial score (nSPS) is 10.2. The summed E-state index contributed by atoms with van der Waals surface area (Å²) in [5.74, 6) is -0.322. The van der Waals surface area contributed by atoms with Gasteiger partial charge in [-0.3, -0.25) is 14.6 Å². The van der Waals surface area contributed by atoms with Crippen molar-refractivity contribution < 1.29 is 14.3 Å². The van der Waals surface area contributed by atoms with Crippen LogP contribution in [0.15, 0.2) is 42.7 Å². The van der Waals surface area contributed by atoms with Crippen molar-refractivity contribution in [3.05, 3.63) is 53.9 Å². The number of rotatable bonds is 6. The second-order valence-electron chi connectivity index (χ2n) is 5.09. The second kappa shape index (κ2) is 8.05. The molecule has 1 aromatic heterocycles. The van der Waals surface area contributed by atoms with E-state index in [-0.39, 0.29) is 24.8 Å². The molecule has 2 N–H and O–H groups in total. The lowest BCUT2D eigenvalue weighted by molar-refractivity contribution is -0.119. The van der Waals surface area contributed by atoms with Crippen molar-refractivity contribution in [1.82, 2.24) is 4.98 Å². The lowest BCUT2D eigenvalue weighted by Crippen LogP contribution is -2.18. The summed E-state index contributed by atoms with van der Waals surface area (Å²) in [6.07, 6.45) is 3.60. The van der Waals surface area contributed by atoms with Crippen molar-refractivity contribution in [1.29, 1.82) is 0 Å². The van der Waals surface area contributed by atoms with E-state index >= 15 is 0 Å². The van der Waals surface area contributed by atoms with E-state index in [0.29, 0.717) is 11.4 Å². The number of hydrogen-bond donors (Lipinski definition) is 2. The van der Waals surface area contributed by atoms with Gasteiger partial charge in [0.25, 0.3) is 0 Å². The molecule has 2 aromatic rings. The number of ether oxygens (including phenoxy) is 1. The Balaban J connectivity index is 1.97. The first-order chi connectivity index (χ1) is 11.1. The topological polar surface area (TPSA) is 80.3 Å². The third-order valence-corrected chi connectivity index (χ3v) is 3.17. The number of carbonyl (C=O) groups excluding carboxylic acids is 2. The highest BCUT2D eigenvalue weighted by Crippen LogP contribution is 2.20. The molecule has 1 aromatic carbocycles. The van der Waals surface area contributed by atoms with E-state index in [1.54, 1.807) is 36.7 Å². The van der Waals surface area contributed by atoms with Gasteiger partial charge in [0.1, 0.15) is 6.61 Å². The van der Waals surface area contributed by atoms with Crippen molar-refractivity contribution in [2.24, 2.45) is 0 Å². The number of methoxy groups -OCH3 is 1. The van der Waals surface area contributed by atoms with Crippen LogP contribution < -0.4 is 10.6 Å². The summed E-state index contributed by atoms with van der Waals surface area (Å²) in [6.45, 7) is 1.87. The molecule has 6 heteroatoms. The van der Waals surface area contributed by atoms with Crippen LogP contribution in [0.25, 0.3) is 0 Å². The fourth-order valence-corrected chi connectivity index (χ4v) is 2.09. The van der Waals surface area contributed by atoms with Crippen LogP contribution in [0.2, 0.25) is 0 Å². The highest BCUT2D eigenvalue weighted by molar-refractivity contribution is 5.94. The molecule has 0 radical (unpaired) electrons. The minimum atomic E-state index is -0.218. The van der Waals surface area contributed by atoms with Gasteiger partial charge in [0.15, 0.2) is 0 Å². The number of benzene rings is 1. The third kappa shape index (κ3) is 5.19. The van der Waals surface area contributed by atoms with Crippen LogP contribution in [-0.4, -0.2) is 30.5 Å². The molecule has 23 heavy (non-hydrogen) atoms. The van der Waals surface area contributed by atoms with E-state index in [1.807, 2.05) is 13.0 Å². The van der Waals surface area contributed by atoms with Gasteiger partial charge in [-0.05, 0) is 48.4 Å². The molecule has 120 valence electrons. The van der Waals surface area contributed by atoms with Gasteiger partial charge in [0.05, 0.1) is 6.42 Å². The number of aromatic nitrogens is 1. The average molecular weight is 313 g/mol. The maximum absolute atomic E-state index is 12.0. The number of anilines is 2. The third-order valence-electron chi connectivity index (χ3n) is 3.17. The Morgan fingerprint density at radius 3 is 2.48 bits per heavy atom. The molecule has 0 fully saturated rings. The van der Waals surface area contributed by atoms with Crippen LogP contribution in [0.3, 0.4) is 0 Å². The van der Waals surface area contributed by atoms with Crippen LogP contribution in [0, 0.1) is 6.92 Å². The number of nitrogens with one attached hydrogen (secondary N) is 2. The maximum atomic E-state index is 12.0. The van der Waals surface area contributed by atoms with Gasteiger partial charge in [-0.2, -0.15) is 0 Å². The van der Waals surface area contributed by atoms with Crippen LogP contribution in [0.4, 0.5) is 11.4 Å². The second-order valence-corrected chi connectivity index (χ2v) is 5.09. The molecule has 2 rings (SSSR count). The van der Waals surface area contributed by atoms with Crippen LogP contribution in [0.1, 0.15) is 11.1 Å². The molecule has 0 aliphatic rings. The Morgan fingerprint density at radius 2 is 1.83 bits per heavy atom. The summed E-state index contributed by atoms with van der Waals surface area (Å²) in [4.78, 5) is 27.5. The Labute approximate surface area is 134 Å². The van der Waals surface area contributed by atoms with Crippen molar-refractivity contribution in [2.45, 2.75) is 13.3 Å². The molecule has 6 nitrogen and oxygen atoms in total. The van der Waals surface area contributed by atoms with E-state index in [9.17, 15) is 9.59 Å². The molecule has 0 bridgehead atoms. The molecule has 0 unspecified atom stereocenters. The van der Waals surface area contributed by atoms with Crippen molar-refractivity contribution >= 4 is 23.2 Å². The molecular formula is C17H19N3O3. The van der Waals surface area contributed by atoms with Gasteiger partial charge < -0.3 is 15.4 Å². The van der Waals surface area contributed by atoms with E-state index in [1.165, 1.54) is 7.11 Å². The van der Waals surface area contributed by atoms with Crippen molar-refractivity contribution in [2.75, 3.05) is 24.4 Å². The predicted octanol–water partition coefficient (Wildman–Crippen LogP) is 2.16. The monoisotopic (exact) mass is 313 g/mol. The SMILES string of the molecule is COCC(=O)Nc1ccc(NC(=O)Cc2ccncc2)cc1C. The van der Waals surface area contributed by atoms with Gasteiger partial charge in [-0.15, -0.1) is 0 Å². The Bertz CT molecular complexity index is 687. The average Bonchev–Trinajstić information content (AvgIpc) is 2.51. The summed E-state index contributed by atoms with van der Waals surface area (Å²) in [5.41, 5.74) is 3.14. The molecule has 2 amide bonds. The fraction of sp³-hybridized carbons (Fsp3) is 0.235. The zero-order chi connectivity index (χ0) is 16.7. The van der Waals surface area contributed by atoms with Crippen LogP contribution >= 0.6 is 0 Å². The number of pyridine rings is 1. The maximum Gasteiger partial charge on any atom is 0.250 e. The minimum absolute atomic E-state index is 0.00383. The Morgan fingerprint density at radius 1 is 1.09 bits per heavy atom. The summed E-state index contributed by atoms with van der Waals surface area (Å²) in [6, 6.07) is 8.93. The van der Waals surface area contributed by atoms with Crippen LogP contribution in [0.5, 0.6) is 0 Å². The predicted molar refractivity (Wildman–Crippen MR) is 88.3 cm³/mol. The molecule has 1 heterocycles. The first kappa shape index (κ1) is 16.6. The molecule has 0 saturated heterocycles. The number of amides is 2. The van der Waals surface area contributed by atoms with Crippen molar-refractivity contribution in [3.8, 4) is 0 Å². The number of aryl methyl sites for hydroxylation is 1. The van der Waals surface area contributed by atoms with E-state index in [2.05, 4.69) is 15.6 Å².